The van der Waals surface area contributed by atoms with Gasteiger partial charge in [0.1, 0.15) is 5.65 Å². The van der Waals surface area contributed by atoms with E-state index in [1.165, 1.54) is 0 Å². The maximum absolute atomic E-state index is 12.3. The largest absolute Gasteiger partial charge is 0.334 e. The third-order valence-corrected chi connectivity index (χ3v) is 5.87. The Morgan fingerprint density at radius 2 is 2.03 bits per heavy atom. The summed E-state index contributed by atoms with van der Waals surface area (Å²) in [5, 5.41) is 12.6. The molecule has 0 amide bonds. The van der Waals surface area contributed by atoms with E-state index in [0.717, 1.165) is 42.8 Å². The topological polar surface area (TPSA) is 101 Å². The summed E-state index contributed by atoms with van der Waals surface area (Å²) in [5.41, 5.74) is 3.57. The summed E-state index contributed by atoms with van der Waals surface area (Å²) in [6.07, 6.45) is 3.59. The van der Waals surface area contributed by atoms with Crippen LogP contribution in [0.15, 0.2) is 39.8 Å². The fraction of sp³-hybridized carbons (Fsp3) is 0.300. The quantitative estimate of drug-likeness (QED) is 0.498. The van der Waals surface area contributed by atoms with Crippen molar-refractivity contribution in [1.82, 2.24) is 30.1 Å². The molecule has 5 rings (SSSR count). The van der Waals surface area contributed by atoms with Crippen LogP contribution < -0.4 is 10.9 Å². The molecule has 4 aromatic rings. The molecular weight excluding hydrogens is 427 g/mol. The van der Waals surface area contributed by atoms with Crippen molar-refractivity contribution in [2.45, 2.75) is 25.7 Å². The maximum Gasteiger partial charge on any atom is 0.258 e. The average Bonchev–Trinajstić information content (AvgIpc) is 3.37. The van der Waals surface area contributed by atoms with Gasteiger partial charge in [-0.2, -0.15) is 10.1 Å². The molecule has 10 heteroatoms. The van der Waals surface area contributed by atoms with Crippen molar-refractivity contribution >= 4 is 29.7 Å². The van der Waals surface area contributed by atoms with E-state index < -0.39 is 0 Å². The van der Waals surface area contributed by atoms with Gasteiger partial charge in [-0.1, -0.05) is 22.8 Å². The summed E-state index contributed by atoms with van der Waals surface area (Å²) in [5.74, 6) is 1.02. The molecule has 156 valence electrons. The number of hydrogen-bond donors (Lipinski definition) is 2. The van der Waals surface area contributed by atoms with Gasteiger partial charge < -0.3 is 14.8 Å². The van der Waals surface area contributed by atoms with Crippen LogP contribution in [0.4, 0.5) is 0 Å². The number of fused-ring (bicyclic) bond motifs is 1. The Morgan fingerprint density at radius 1 is 1.23 bits per heavy atom. The lowest BCUT2D eigenvalue weighted by Crippen LogP contribution is -2.28. The zero-order valence-electron chi connectivity index (χ0n) is 16.2. The Labute approximate surface area is 183 Å². The number of nitrogens with one attached hydrogen (secondary N) is 2. The second-order valence-corrected chi connectivity index (χ2v) is 7.64. The molecule has 0 aliphatic carbocycles. The monoisotopic (exact) mass is 446 g/mol. The lowest BCUT2D eigenvalue weighted by Gasteiger charge is -2.23. The summed E-state index contributed by atoms with van der Waals surface area (Å²) in [4.78, 5) is 19.7. The van der Waals surface area contributed by atoms with Crippen LogP contribution in [0.1, 0.15) is 30.0 Å². The number of aromatic nitrogens is 5. The zero-order valence-corrected chi connectivity index (χ0v) is 17.8. The number of piperidine rings is 1. The zero-order chi connectivity index (χ0) is 20.0. The van der Waals surface area contributed by atoms with Crippen LogP contribution in [0.5, 0.6) is 0 Å². The van der Waals surface area contributed by atoms with Crippen molar-refractivity contribution in [2.75, 3.05) is 13.1 Å². The van der Waals surface area contributed by atoms with Crippen molar-refractivity contribution < 1.29 is 4.52 Å². The number of nitrogens with zero attached hydrogens (tertiary/aromatic N) is 4. The predicted molar refractivity (Wildman–Crippen MR) is 116 cm³/mol. The number of hydrogen-bond acceptors (Lipinski definition) is 6. The van der Waals surface area contributed by atoms with Crippen molar-refractivity contribution in [3.63, 3.8) is 0 Å². The van der Waals surface area contributed by atoms with Gasteiger partial charge in [-0.3, -0.25) is 4.79 Å². The molecule has 3 aromatic heterocycles. The SMILES string of the molecule is Cc1c(Cl)cccc1-c1nc(-c2cnn3c(C4CCNCC4)cc(=O)[nH]c23)no1.Cl. The Hall–Kier alpha value is -2.68. The molecule has 0 atom stereocenters. The number of halogens is 2. The number of aromatic amines is 1. The van der Waals surface area contributed by atoms with Crippen molar-refractivity contribution in [1.29, 1.82) is 0 Å². The highest BCUT2D eigenvalue weighted by molar-refractivity contribution is 6.31. The summed E-state index contributed by atoms with van der Waals surface area (Å²) in [7, 11) is 0. The molecule has 8 nitrogen and oxygen atoms in total. The highest BCUT2D eigenvalue weighted by Crippen LogP contribution is 2.31. The van der Waals surface area contributed by atoms with E-state index in [4.69, 9.17) is 16.1 Å². The minimum Gasteiger partial charge on any atom is -0.334 e. The van der Waals surface area contributed by atoms with Gasteiger partial charge in [0.05, 0.1) is 17.5 Å². The molecule has 0 spiro atoms. The highest BCUT2D eigenvalue weighted by Gasteiger charge is 2.22. The van der Waals surface area contributed by atoms with E-state index in [2.05, 4.69) is 25.5 Å². The lowest BCUT2D eigenvalue weighted by atomic mass is 9.94. The van der Waals surface area contributed by atoms with Crippen LogP contribution in [0.3, 0.4) is 0 Å². The van der Waals surface area contributed by atoms with Crippen LogP contribution in [-0.4, -0.2) is 37.8 Å². The summed E-state index contributed by atoms with van der Waals surface area (Å²) in [6.45, 7) is 3.76. The van der Waals surface area contributed by atoms with E-state index in [0.29, 0.717) is 27.9 Å². The smallest absolute Gasteiger partial charge is 0.258 e. The first kappa shape index (κ1) is 20.6. The molecule has 30 heavy (non-hydrogen) atoms. The Balaban J connectivity index is 0.00000218. The number of benzene rings is 1. The van der Waals surface area contributed by atoms with Crippen molar-refractivity contribution in [3.05, 3.63) is 57.1 Å². The first-order valence-corrected chi connectivity index (χ1v) is 9.91. The third-order valence-electron chi connectivity index (χ3n) is 5.46. The lowest BCUT2D eigenvalue weighted by molar-refractivity contribution is 0.432. The summed E-state index contributed by atoms with van der Waals surface area (Å²) < 4.78 is 7.26. The minimum atomic E-state index is -0.165. The Morgan fingerprint density at radius 3 is 2.83 bits per heavy atom. The van der Waals surface area contributed by atoms with Gasteiger partial charge in [-0.05, 0) is 50.6 Å². The molecule has 0 saturated carbocycles. The fourth-order valence-corrected chi connectivity index (χ4v) is 4.04. The van der Waals surface area contributed by atoms with Crippen LogP contribution in [-0.2, 0) is 0 Å². The molecular formula is C20H20Cl2N6O2. The summed E-state index contributed by atoms with van der Waals surface area (Å²) in [6, 6.07) is 7.17. The molecule has 0 radical (unpaired) electrons. The molecule has 1 saturated heterocycles. The average molecular weight is 447 g/mol. The molecule has 0 bridgehead atoms. The standard InChI is InChI=1S/C20H19ClN6O2.ClH/c1-11-13(3-2-4-15(11)21)20-25-18(26-29-20)14-10-23-27-16(9-17(28)24-19(14)27)12-5-7-22-8-6-12;/h2-4,9-10,12,22H,5-8H2,1H3,(H,24,28);1H. The van der Waals surface area contributed by atoms with Gasteiger partial charge in [0, 0.05) is 22.6 Å². The Bertz CT molecular complexity index is 1260. The fourth-order valence-electron chi connectivity index (χ4n) is 3.87. The molecule has 1 aliphatic rings. The van der Waals surface area contributed by atoms with Crippen LogP contribution in [0.25, 0.3) is 28.5 Å². The molecule has 1 aromatic carbocycles. The molecule has 0 unspecified atom stereocenters. The van der Waals surface area contributed by atoms with Gasteiger partial charge in [0.15, 0.2) is 0 Å². The molecule has 1 aliphatic heterocycles. The van der Waals surface area contributed by atoms with Crippen molar-refractivity contribution in [2.24, 2.45) is 0 Å². The van der Waals surface area contributed by atoms with Gasteiger partial charge in [0.2, 0.25) is 5.82 Å². The highest BCUT2D eigenvalue weighted by atomic mass is 35.5. The Kier molecular flexibility index (Phi) is 5.64. The normalized spacial score (nSPS) is 14.7. The van der Waals surface area contributed by atoms with E-state index in [1.807, 2.05) is 25.1 Å². The van der Waals surface area contributed by atoms with Crippen LogP contribution in [0, 0.1) is 6.92 Å². The van der Waals surface area contributed by atoms with Gasteiger partial charge in [-0.25, -0.2) is 4.52 Å². The second kappa shape index (κ2) is 8.22. The minimum absolute atomic E-state index is 0. The van der Waals surface area contributed by atoms with Gasteiger partial charge in [-0.15, -0.1) is 12.4 Å². The molecule has 2 N–H and O–H groups in total. The first-order chi connectivity index (χ1) is 14.1. The van der Waals surface area contributed by atoms with Gasteiger partial charge in [0.25, 0.3) is 11.4 Å². The first-order valence-electron chi connectivity index (χ1n) is 9.53. The van der Waals surface area contributed by atoms with E-state index in [1.54, 1.807) is 16.8 Å². The van der Waals surface area contributed by atoms with Crippen LogP contribution >= 0.6 is 24.0 Å². The summed E-state index contributed by atoms with van der Waals surface area (Å²) >= 11 is 6.21. The third kappa shape index (κ3) is 3.51. The number of H-pyrrole nitrogens is 1. The van der Waals surface area contributed by atoms with E-state index >= 15 is 0 Å². The molecule has 1 fully saturated rings. The maximum atomic E-state index is 12.3. The van der Waals surface area contributed by atoms with E-state index in [9.17, 15) is 4.79 Å². The van der Waals surface area contributed by atoms with Crippen molar-refractivity contribution in [3.8, 4) is 22.8 Å². The van der Waals surface area contributed by atoms with E-state index in [-0.39, 0.29) is 23.9 Å². The van der Waals surface area contributed by atoms with Gasteiger partial charge >= 0.3 is 0 Å². The predicted octanol–water partition coefficient (Wildman–Crippen LogP) is 3.59. The second-order valence-electron chi connectivity index (χ2n) is 7.24. The van der Waals surface area contributed by atoms with Crippen LogP contribution in [0.2, 0.25) is 5.02 Å². The molecule has 4 heterocycles. The number of rotatable bonds is 3.